The molecule has 2 aliphatic rings. The Kier molecular flexibility index (Phi) is 3.18. The van der Waals surface area contributed by atoms with E-state index < -0.39 is 0 Å². The van der Waals surface area contributed by atoms with Crippen molar-refractivity contribution in [1.82, 2.24) is 15.0 Å². The standard InChI is InChI=1S/C16H19N5O/c17-15-11-2-1-10(9-11)14(15)16(22)19-12-3-5-13(6-4-12)21-8-7-18-20-21/h3-8,10-11,14-15H,1-2,9,17H2,(H,19,22). The maximum absolute atomic E-state index is 12.5. The number of anilines is 1. The summed E-state index contributed by atoms with van der Waals surface area (Å²) in [5, 5.41) is 10.7. The number of benzene rings is 1. The van der Waals surface area contributed by atoms with Gasteiger partial charge in [0.15, 0.2) is 0 Å². The van der Waals surface area contributed by atoms with Gasteiger partial charge in [-0.1, -0.05) is 5.21 Å². The topological polar surface area (TPSA) is 85.8 Å². The number of carbonyl (C=O) groups excluding carboxylic acids is 1. The Morgan fingerprint density at radius 1 is 1.23 bits per heavy atom. The van der Waals surface area contributed by atoms with Crippen molar-refractivity contribution in [3.05, 3.63) is 36.7 Å². The second kappa shape index (κ2) is 5.21. The largest absolute Gasteiger partial charge is 0.327 e. The van der Waals surface area contributed by atoms with Gasteiger partial charge in [0.1, 0.15) is 0 Å². The lowest BCUT2D eigenvalue weighted by molar-refractivity contribution is -0.121. The van der Waals surface area contributed by atoms with Crippen LogP contribution in [0, 0.1) is 17.8 Å². The van der Waals surface area contributed by atoms with E-state index >= 15 is 0 Å². The van der Waals surface area contributed by atoms with Crippen molar-refractivity contribution in [2.75, 3.05) is 5.32 Å². The van der Waals surface area contributed by atoms with Gasteiger partial charge < -0.3 is 11.1 Å². The Balaban J connectivity index is 1.46. The van der Waals surface area contributed by atoms with E-state index in [2.05, 4.69) is 15.6 Å². The fourth-order valence-electron chi connectivity index (χ4n) is 3.99. The van der Waals surface area contributed by atoms with Gasteiger partial charge >= 0.3 is 0 Å². The van der Waals surface area contributed by atoms with Crippen molar-refractivity contribution < 1.29 is 4.79 Å². The highest BCUT2D eigenvalue weighted by atomic mass is 16.2. The predicted molar refractivity (Wildman–Crippen MR) is 82.3 cm³/mol. The number of rotatable bonds is 3. The molecular weight excluding hydrogens is 278 g/mol. The number of nitrogens with zero attached hydrogens (tertiary/aromatic N) is 3. The van der Waals surface area contributed by atoms with Crippen LogP contribution in [0.15, 0.2) is 36.7 Å². The molecule has 0 radical (unpaired) electrons. The van der Waals surface area contributed by atoms with Crippen LogP contribution in [0.3, 0.4) is 0 Å². The Labute approximate surface area is 128 Å². The average molecular weight is 297 g/mol. The van der Waals surface area contributed by atoms with E-state index in [0.29, 0.717) is 11.8 Å². The molecule has 22 heavy (non-hydrogen) atoms. The molecular formula is C16H19N5O. The zero-order chi connectivity index (χ0) is 15.1. The summed E-state index contributed by atoms with van der Waals surface area (Å²) in [5.74, 6) is 1.03. The summed E-state index contributed by atoms with van der Waals surface area (Å²) in [6.07, 6.45) is 6.85. The Bertz CT molecular complexity index is 664. The Morgan fingerprint density at radius 3 is 2.64 bits per heavy atom. The van der Waals surface area contributed by atoms with Crippen LogP contribution >= 0.6 is 0 Å². The summed E-state index contributed by atoms with van der Waals surface area (Å²) in [6, 6.07) is 7.60. The summed E-state index contributed by atoms with van der Waals surface area (Å²) < 4.78 is 1.68. The van der Waals surface area contributed by atoms with Crippen LogP contribution in [0.1, 0.15) is 19.3 Å². The van der Waals surface area contributed by atoms with Crippen molar-refractivity contribution in [2.45, 2.75) is 25.3 Å². The molecule has 0 aliphatic heterocycles. The molecule has 4 atom stereocenters. The quantitative estimate of drug-likeness (QED) is 0.900. The third-order valence-electron chi connectivity index (χ3n) is 5.11. The molecule has 1 amide bonds. The highest BCUT2D eigenvalue weighted by molar-refractivity contribution is 5.93. The van der Waals surface area contributed by atoms with Crippen LogP contribution in [-0.4, -0.2) is 26.9 Å². The number of fused-ring (bicyclic) bond motifs is 2. The van der Waals surface area contributed by atoms with E-state index in [1.54, 1.807) is 17.1 Å². The average Bonchev–Trinajstić information content (AvgIpc) is 3.25. The highest BCUT2D eigenvalue weighted by Crippen LogP contribution is 2.47. The van der Waals surface area contributed by atoms with Crippen LogP contribution in [0.25, 0.3) is 5.69 Å². The number of hydrogen-bond donors (Lipinski definition) is 2. The van der Waals surface area contributed by atoms with Crippen LogP contribution in [-0.2, 0) is 4.79 Å². The van der Waals surface area contributed by atoms with Crippen LogP contribution in [0.2, 0.25) is 0 Å². The zero-order valence-electron chi connectivity index (χ0n) is 12.2. The molecule has 3 N–H and O–H groups in total. The van der Waals surface area contributed by atoms with Gasteiger partial charge in [-0.15, -0.1) is 5.10 Å². The molecule has 1 heterocycles. The van der Waals surface area contributed by atoms with Crippen LogP contribution in [0.4, 0.5) is 5.69 Å². The van der Waals surface area contributed by atoms with Crippen molar-refractivity contribution in [2.24, 2.45) is 23.5 Å². The first kappa shape index (κ1) is 13.5. The maximum Gasteiger partial charge on any atom is 0.229 e. The van der Waals surface area contributed by atoms with Gasteiger partial charge in [-0.05, 0) is 55.4 Å². The van der Waals surface area contributed by atoms with Gasteiger partial charge in [0, 0.05) is 11.7 Å². The third kappa shape index (κ3) is 2.20. The summed E-state index contributed by atoms with van der Waals surface area (Å²) >= 11 is 0. The number of aromatic nitrogens is 3. The second-order valence-electron chi connectivity index (χ2n) is 6.32. The Morgan fingerprint density at radius 2 is 2.00 bits per heavy atom. The normalized spacial score (nSPS) is 29.7. The zero-order valence-corrected chi connectivity index (χ0v) is 12.2. The van der Waals surface area contributed by atoms with Crippen molar-refractivity contribution in [3.63, 3.8) is 0 Å². The molecule has 2 bridgehead atoms. The molecule has 114 valence electrons. The van der Waals surface area contributed by atoms with Gasteiger partial charge in [-0.25, -0.2) is 4.68 Å². The molecule has 2 saturated carbocycles. The second-order valence-corrected chi connectivity index (χ2v) is 6.32. The predicted octanol–water partition coefficient (Wildman–Crippen LogP) is 1.58. The molecule has 6 heteroatoms. The van der Waals surface area contributed by atoms with E-state index in [4.69, 9.17) is 5.73 Å². The van der Waals surface area contributed by atoms with Gasteiger partial charge in [-0.2, -0.15) is 0 Å². The SMILES string of the molecule is NC1C2CCC(C2)C1C(=O)Nc1ccc(-n2ccnn2)cc1. The monoisotopic (exact) mass is 297 g/mol. The minimum atomic E-state index is -0.0336. The molecule has 0 spiro atoms. The van der Waals surface area contributed by atoms with Gasteiger partial charge in [-0.3, -0.25) is 4.79 Å². The number of carbonyl (C=O) groups is 1. The molecule has 2 aliphatic carbocycles. The van der Waals surface area contributed by atoms with Crippen molar-refractivity contribution >= 4 is 11.6 Å². The van der Waals surface area contributed by atoms with Crippen molar-refractivity contribution in [1.29, 1.82) is 0 Å². The first-order chi connectivity index (χ1) is 10.7. The summed E-state index contributed by atoms with van der Waals surface area (Å²) in [6.45, 7) is 0. The van der Waals surface area contributed by atoms with Crippen molar-refractivity contribution in [3.8, 4) is 5.69 Å². The molecule has 0 saturated heterocycles. The van der Waals surface area contributed by atoms with E-state index in [0.717, 1.165) is 24.2 Å². The highest BCUT2D eigenvalue weighted by Gasteiger charge is 2.49. The molecule has 4 unspecified atom stereocenters. The van der Waals surface area contributed by atoms with Gasteiger partial charge in [0.25, 0.3) is 0 Å². The van der Waals surface area contributed by atoms with E-state index in [9.17, 15) is 4.79 Å². The van der Waals surface area contributed by atoms with Crippen LogP contribution < -0.4 is 11.1 Å². The first-order valence-electron chi connectivity index (χ1n) is 7.75. The molecule has 4 rings (SSSR count). The molecule has 6 nitrogen and oxygen atoms in total. The number of amides is 1. The number of nitrogens with two attached hydrogens (primary N) is 1. The van der Waals surface area contributed by atoms with E-state index in [1.807, 2.05) is 24.3 Å². The van der Waals surface area contributed by atoms with Gasteiger partial charge in [0.05, 0.1) is 24.0 Å². The van der Waals surface area contributed by atoms with Gasteiger partial charge in [0.2, 0.25) is 5.91 Å². The molecule has 1 aromatic carbocycles. The lowest BCUT2D eigenvalue weighted by Gasteiger charge is -2.27. The summed E-state index contributed by atoms with van der Waals surface area (Å²) in [4.78, 5) is 12.5. The summed E-state index contributed by atoms with van der Waals surface area (Å²) in [7, 11) is 0. The van der Waals surface area contributed by atoms with Crippen LogP contribution in [0.5, 0.6) is 0 Å². The Hall–Kier alpha value is -2.21. The molecule has 2 aromatic rings. The number of nitrogens with one attached hydrogen (secondary N) is 1. The minimum absolute atomic E-state index is 0.0215. The fraction of sp³-hybridized carbons (Fsp3) is 0.438. The fourth-order valence-corrected chi connectivity index (χ4v) is 3.99. The third-order valence-corrected chi connectivity index (χ3v) is 5.11. The lowest BCUT2D eigenvalue weighted by atomic mass is 9.84. The van der Waals surface area contributed by atoms with E-state index in [1.165, 1.54) is 6.42 Å². The van der Waals surface area contributed by atoms with E-state index in [-0.39, 0.29) is 17.9 Å². The smallest absolute Gasteiger partial charge is 0.229 e. The summed E-state index contributed by atoms with van der Waals surface area (Å²) in [5.41, 5.74) is 7.93. The lowest BCUT2D eigenvalue weighted by Crippen LogP contribution is -2.42. The minimum Gasteiger partial charge on any atom is -0.327 e. The molecule has 1 aromatic heterocycles. The number of hydrogen-bond acceptors (Lipinski definition) is 4. The first-order valence-corrected chi connectivity index (χ1v) is 7.75. The maximum atomic E-state index is 12.5. The molecule has 2 fully saturated rings.